The zero-order valence-electron chi connectivity index (χ0n) is 16.1. The van der Waals surface area contributed by atoms with Crippen LogP contribution in [0.3, 0.4) is 0 Å². The Hall–Kier alpha value is -1.00. The zero-order valence-corrected chi connectivity index (χ0v) is 16.1. The van der Waals surface area contributed by atoms with E-state index < -0.39 is 0 Å². The van der Waals surface area contributed by atoms with Crippen LogP contribution in [-0.4, -0.2) is 0 Å². The van der Waals surface area contributed by atoms with Gasteiger partial charge < -0.3 is 0 Å². The molecule has 0 N–H and O–H groups in total. The molecule has 0 heterocycles. The zero-order chi connectivity index (χ0) is 17.2. The summed E-state index contributed by atoms with van der Waals surface area (Å²) >= 11 is 0. The molecule has 0 aromatic rings. The average molecular weight is 301 g/mol. The third-order valence-corrected chi connectivity index (χ3v) is 7.08. The van der Waals surface area contributed by atoms with Gasteiger partial charge in [0.2, 0.25) is 0 Å². The van der Waals surface area contributed by atoms with Crippen LogP contribution in [0.1, 0.15) is 61.8 Å². The second kappa shape index (κ2) is 7.51. The molecule has 6 atom stereocenters. The monoisotopic (exact) mass is 300 g/mol. The Labute approximate surface area is 139 Å². The van der Waals surface area contributed by atoms with Crippen LogP contribution in [0, 0.1) is 35.5 Å². The van der Waals surface area contributed by atoms with Crippen LogP contribution in [0.5, 0.6) is 0 Å². The summed E-state index contributed by atoms with van der Waals surface area (Å²) in [6.07, 6.45) is 1.38. The first kappa shape index (κ1) is 19.0. The van der Waals surface area contributed by atoms with E-state index in [-0.39, 0.29) is 0 Å². The van der Waals surface area contributed by atoms with Crippen molar-refractivity contribution in [3.05, 3.63) is 41.2 Å². The fourth-order valence-electron chi connectivity index (χ4n) is 4.63. The Balaban J connectivity index is 0.000000745. The third-order valence-electron chi connectivity index (χ3n) is 7.08. The van der Waals surface area contributed by atoms with Crippen LogP contribution >= 0.6 is 0 Å². The fourth-order valence-corrected chi connectivity index (χ4v) is 4.63. The largest absolute Gasteiger partial charge is 0.137 e. The first-order valence-corrected chi connectivity index (χ1v) is 8.82. The standard InChI is InChI=1S/C19H32.C3H4/c1-10-11(2)15(6)18(14(10)5)9-19-16(7)12(3)13(4)17(19)8;1-3-2/h10,12,14,16,18-19H,9H2,1-8H3;1-2H2/t10?,12?,14?,16?,18-,19+;. The van der Waals surface area contributed by atoms with Gasteiger partial charge >= 0.3 is 0 Å². The predicted molar refractivity (Wildman–Crippen MR) is 99.8 cm³/mol. The van der Waals surface area contributed by atoms with Gasteiger partial charge in [-0.25, -0.2) is 0 Å². The summed E-state index contributed by atoms with van der Waals surface area (Å²) in [6.45, 7) is 25.5. The normalized spacial score (nSPS) is 38.0. The van der Waals surface area contributed by atoms with Gasteiger partial charge in [-0.1, -0.05) is 63.1 Å². The summed E-state index contributed by atoms with van der Waals surface area (Å²) < 4.78 is 0. The quantitative estimate of drug-likeness (QED) is 0.388. The van der Waals surface area contributed by atoms with Crippen molar-refractivity contribution in [3.8, 4) is 0 Å². The van der Waals surface area contributed by atoms with Crippen molar-refractivity contribution in [3.63, 3.8) is 0 Å². The molecule has 2 aliphatic carbocycles. The van der Waals surface area contributed by atoms with Crippen molar-refractivity contribution >= 4 is 0 Å². The molecular formula is C22H36. The van der Waals surface area contributed by atoms with Crippen LogP contribution in [0.2, 0.25) is 0 Å². The number of hydrogen-bond donors (Lipinski definition) is 0. The van der Waals surface area contributed by atoms with Gasteiger partial charge in [-0.2, -0.15) is 0 Å². The van der Waals surface area contributed by atoms with E-state index >= 15 is 0 Å². The van der Waals surface area contributed by atoms with Gasteiger partial charge in [0.1, 0.15) is 0 Å². The summed E-state index contributed by atoms with van der Waals surface area (Å²) in [6, 6.07) is 0. The molecule has 0 aromatic carbocycles. The van der Waals surface area contributed by atoms with E-state index in [2.05, 4.69) is 74.3 Å². The Morgan fingerprint density at radius 1 is 0.682 bits per heavy atom. The minimum absolute atomic E-state index is 0.782. The van der Waals surface area contributed by atoms with Gasteiger partial charge in [0.15, 0.2) is 0 Å². The molecule has 0 amide bonds. The molecular weight excluding hydrogens is 264 g/mol. The van der Waals surface area contributed by atoms with Crippen LogP contribution in [0.4, 0.5) is 0 Å². The molecule has 2 rings (SSSR count). The summed E-state index contributed by atoms with van der Waals surface area (Å²) in [5, 5.41) is 0. The molecule has 0 saturated carbocycles. The molecule has 0 aliphatic heterocycles. The van der Waals surface area contributed by atoms with Crippen LogP contribution in [0.15, 0.2) is 41.2 Å². The Bertz CT molecular complexity index is 456. The lowest BCUT2D eigenvalue weighted by Gasteiger charge is -2.28. The van der Waals surface area contributed by atoms with Crippen molar-refractivity contribution in [1.29, 1.82) is 0 Å². The van der Waals surface area contributed by atoms with Crippen molar-refractivity contribution in [2.75, 3.05) is 0 Å². The van der Waals surface area contributed by atoms with Gasteiger partial charge in [-0.3, -0.25) is 0 Å². The molecule has 0 nitrogen and oxygen atoms in total. The minimum Gasteiger partial charge on any atom is -0.137 e. The molecule has 22 heavy (non-hydrogen) atoms. The van der Waals surface area contributed by atoms with Gasteiger partial charge in [0.25, 0.3) is 0 Å². The Morgan fingerprint density at radius 3 is 1.14 bits per heavy atom. The smallest absolute Gasteiger partial charge is 0.0166 e. The number of rotatable bonds is 2. The highest BCUT2D eigenvalue weighted by atomic mass is 14.4. The molecule has 4 unspecified atom stereocenters. The van der Waals surface area contributed by atoms with Crippen molar-refractivity contribution in [1.82, 2.24) is 0 Å². The van der Waals surface area contributed by atoms with Crippen LogP contribution < -0.4 is 0 Å². The summed E-state index contributed by atoms with van der Waals surface area (Å²) in [7, 11) is 0. The van der Waals surface area contributed by atoms with E-state index in [1.807, 2.05) is 0 Å². The maximum atomic E-state index is 3.12. The van der Waals surface area contributed by atoms with E-state index in [0.29, 0.717) is 0 Å². The first-order chi connectivity index (χ1) is 10.2. The van der Waals surface area contributed by atoms with Gasteiger partial charge in [-0.15, -0.1) is 5.73 Å². The SMILES string of the molecule is C=C=C.CC1=C(C)[C@@H](C[C@H]2C(C)=C(C)C(C)C2C)C(C)C1C. The van der Waals surface area contributed by atoms with Crippen molar-refractivity contribution in [2.45, 2.75) is 61.8 Å². The highest BCUT2D eigenvalue weighted by Crippen LogP contribution is 2.50. The average Bonchev–Trinajstić information content (AvgIpc) is 2.77. The minimum atomic E-state index is 0.782. The van der Waals surface area contributed by atoms with Gasteiger partial charge in [0, 0.05) is 0 Å². The molecule has 0 fully saturated rings. The molecule has 2 aliphatic rings. The predicted octanol–water partition coefficient (Wildman–Crippen LogP) is 6.81. The molecule has 0 radical (unpaired) electrons. The van der Waals surface area contributed by atoms with Crippen LogP contribution in [-0.2, 0) is 0 Å². The van der Waals surface area contributed by atoms with E-state index in [1.165, 1.54) is 6.42 Å². The van der Waals surface area contributed by atoms with Crippen molar-refractivity contribution in [2.24, 2.45) is 35.5 Å². The Morgan fingerprint density at radius 2 is 0.955 bits per heavy atom. The van der Waals surface area contributed by atoms with Crippen molar-refractivity contribution < 1.29 is 0 Å². The van der Waals surface area contributed by atoms with Gasteiger partial charge in [-0.05, 0) is 69.6 Å². The molecule has 124 valence electrons. The van der Waals surface area contributed by atoms with E-state index in [0.717, 1.165) is 35.5 Å². The fraction of sp³-hybridized carbons (Fsp3) is 0.682. The lowest BCUT2D eigenvalue weighted by Crippen LogP contribution is -2.20. The second-order valence-corrected chi connectivity index (χ2v) is 7.73. The second-order valence-electron chi connectivity index (χ2n) is 7.73. The Kier molecular flexibility index (Phi) is 6.50. The van der Waals surface area contributed by atoms with E-state index in [1.54, 1.807) is 22.3 Å². The lowest BCUT2D eigenvalue weighted by atomic mass is 9.76. The molecule has 0 spiro atoms. The highest BCUT2D eigenvalue weighted by Gasteiger charge is 2.39. The third kappa shape index (κ3) is 3.33. The number of allylic oxidation sites excluding steroid dienone is 4. The van der Waals surface area contributed by atoms with E-state index in [4.69, 9.17) is 0 Å². The topological polar surface area (TPSA) is 0 Å². The molecule has 0 heteroatoms. The summed E-state index contributed by atoms with van der Waals surface area (Å²) in [5.74, 6) is 4.85. The first-order valence-electron chi connectivity index (χ1n) is 8.82. The molecule has 0 aromatic heterocycles. The van der Waals surface area contributed by atoms with E-state index in [9.17, 15) is 0 Å². The maximum absolute atomic E-state index is 3.12. The summed E-state index contributed by atoms with van der Waals surface area (Å²) in [5.41, 5.74) is 8.96. The highest BCUT2D eigenvalue weighted by molar-refractivity contribution is 5.28. The molecule has 0 bridgehead atoms. The summed E-state index contributed by atoms with van der Waals surface area (Å²) in [4.78, 5) is 0. The van der Waals surface area contributed by atoms with Crippen LogP contribution in [0.25, 0.3) is 0 Å². The maximum Gasteiger partial charge on any atom is -0.0166 e. The lowest BCUT2D eigenvalue weighted by molar-refractivity contribution is 0.267. The molecule has 0 saturated heterocycles. The van der Waals surface area contributed by atoms with Gasteiger partial charge in [0.05, 0.1) is 0 Å². The number of hydrogen-bond acceptors (Lipinski definition) is 0.